The molecule has 0 N–H and O–H groups in total. The van der Waals surface area contributed by atoms with Crippen molar-refractivity contribution >= 4 is 0 Å². The average Bonchev–Trinajstić information content (AvgIpc) is 2.49. The molecule has 0 aromatic heterocycles. The largest absolute Gasteiger partial charge is 0.0654 e. The Bertz CT molecular complexity index is 216. The number of hydrogen-bond acceptors (Lipinski definition) is 0. The molecule has 0 radical (unpaired) electrons. The minimum absolute atomic E-state index is 1.00. The predicted octanol–water partition coefficient (Wildman–Crippen LogP) is 7.76. The van der Waals surface area contributed by atoms with E-state index in [1.54, 1.807) is 0 Å². The van der Waals surface area contributed by atoms with Crippen LogP contribution < -0.4 is 0 Å². The van der Waals surface area contributed by atoms with Gasteiger partial charge in [-0.25, -0.2) is 0 Å². The van der Waals surface area contributed by atoms with Crippen LogP contribution in [0.2, 0.25) is 0 Å². The summed E-state index contributed by atoms with van der Waals surface area (Å²) in [5.74, 6) is 3.08. The van der Waals surface area contributed by atoms with Gasteiger partial charge in [0.15, 0.2) is 0 Å². The Morgan fingerprint density at radius 1 is 0.714 bits per heavy atom. The smallest absolute Gasteiger partial charge is 0.0386 e. The average molecular weight is 295 g/mol. The zero-order valence-electron chi connectivity index (χ0n) is 15.3. The zero-order chi connectivity index (χ0) is 15.3. The Labute approximate surface area is 135 Å². The van der Waals surface area contributed by atoms with E-state index in [1.807, 2.05) is 0 Å². The molecular formula is C21H42. The molecule has 0 aliphatic heterocycles. The van der Waals surface area contributed by atoms with E-state index in [0.29, 0.717) is 0 Å². The van der Waals surface area contributed by atoms with Crippen LogP contribution in [0.5, 0.6) is 0 Å². The highest BCUT2D eigenvalue weighted by molar-refractivity contribution is 4.71. The van der Waals surface area contributed by atoms with Crippen LogP contribution in [0.4, 0.5) is 0 Å². The molecule has 0 spiro atoms. The zero-order valence-corrected chi connectivity index (χ0v) is 15.3. The SMILES string of the molecule is CCCCC1CCCCCCCC(C(CC)CC)CCC1. The Morgan fingerprint density at radius 3 is 1.95 bits per heavy atom. The quantitative estimate of drug-likeness (QED) is 0.469. The van der Waals surface area contributed by atoms with E-state index in [-0.39, 0.29) is 0 Å². The Morgan fingerprint density at radius 2 is 1.29 bits per heavy atom. The van der Waals surface area contributed by atoms with E-state index in [9.17, 15) is 0 Å². The van der Waals surface area contributed by atoms with Gasteiger partial charge in [-0.05, 0) is 17.8 Å². The monoisotopic (exact) mass is 294 g/mol. The van der Waals surface area contributed by atoms with Gasteiger partial charge in [-0.15, -0.1) is 0 Å². The molecule has 0 bridgehead atoms. The lowest BCUT2D eigenvalue weighted by Gasteiger charge is -2.27. The van der Waals surface area contributed by atoms with Crippen molar-refractivity contribution in [3.05, 3.63) is 0 Å². The van der Waals surface area contributed by atoms with Gasteiger partial charge in [0.25, 0.3) is 0 Å². The van der Waals surface area contributed by atoms with Crippen LogP contribution in [-0.2, 0) is 0 Å². The number of hydrogen-bond donors (Lipinski definition) is 0. The van der Waals surface area contributed by atoms with Crippen LogP contribution in [-0.4, -0.2) is 0 Å². The highest BCUT2D eigenvalue weighted by Crippen LogP contribution is 2.32. The third kappa shape index (κ3) is 8.27. The molecule has 1 aliphatic rings. The van der Waals surface area contributed by atoms with Crippen molar-refractivity contribution in [1.82, 2.24) is 0 Å². The van der Waals surface area contributed by atoms with E-state index in [0.717, 1.165) is 17.8 Å². The first kappa shape index (κ1) is 19.0. The second-order valence-electron chi connectivity index (χ2n) is 7.62. The van der Waals surface area contributed by atoms with Crippen molar-refractivity contribution in [3.8, 4) is 0 Å². The fraction of sp³-hybridized carbons (Fsp3) is 1.00. The molecule has 1 rings (SSSR count). The highest BCUT2D eigenvalue weighted by atomic mass is 14.2. The molecule has 0 nitrogen and oxygen atoms in total. The van der Waals surface area contributed by atoms with E-state index in [2.05, 4.69) is 20.8 Å². The maximum Gasteiger partial charge on any atom is -0.0386 e. The van der Waals surface area contributed by atoms with Gasteiger partial charge >= 0.3 is 0 Å². The molecular weight excluding hydrogens is 252 g/mol. The minimum atomic E-state index is 1.00. The van der Waals surface area contributed by atoms with Crippen LogP contribution in [0.15, 0.2) is 0 Å². The van der Waals surface area contributed by atoms with Crippen molar-refractivity contribution in [1.29, 1.82) is 0 Å². The van der Waals surface area contributed by atoms with Gasteiger partial charge in [0.2, 0.25) is 0 Å². The summed E-state index contributed by atoms with van der Waals surface area (Å²) in [4.78, 5) is 0. The summed E-state index contributed by atoms with van der Waals surface area (Å²) < 4.78 is 0. The summed E-state index contributed by atoms with van der Waals surface area (Å²) in [5.41, 5.74) is 0. The summed E-state index contributed by atoms with van der Waals surface area (Å²) in [6.45, 7) is 7.17. The molecule has 0 amide bonds. The van der Waals surface area contributed by atoms with Gasteiger partial charge in [-0.1, -0.05) is 117 Å². The second-order valence-corrected chi connectivity index (χ2v) is 7.62. The lowest BCUT2D eigenvalue weighted by Crippen LogP contribution is -2.15. The van der Waals surface area contributed by atoms with Crippen LogP contribution in [0, 0.1) is 17.8 Å². The summed E-state index contributed by atoms with van der Waals surface area (Å²) in [6.07, 6.45) is 22.2. The molecule has 0 heterocycles. The van der Waals surface area contributed by atoms with Gasteiger partial charge < -0.3 is 0 Å². The van der Waals surface area contributed by atoms with Crippen LogP contribution in [0.25, 0.3) is 0 Å². The third-order valence-corrected chi connectivity index (χ3v) is 6.06. The molecule has 126 valence electrons. The number of unbranched alkanes of at least 4 members (excludes halogenated alkanes) is 1. The predicted molar refractivity (Wildman–Crippen MR) is 96.7 cm³/mol. The minimum Gasteiger partial charge on any atom is -0.0654 e. The molecule has 1 fully saturated rings. The van der Waals surface area contributed by atoms with E-state index in [4.69, 9.17) is 0 Å². The van der Waals surface area contributed by atoms with Crippen LogP contribution in [0.3, 0.4) is 0 Å². The summed E-state index contributed by atoms with van der Waals surface area (Å²) in [6, 6.07) is 0. The summed E-state index contributed by atoms with van der Waals surface area (Å²) >= 11 is 0. The van der Waals surface area contributed by atoms with Crippen molar-refractivity contribution in [3.63, 3.8) is 0 Å². The molecule has 1 saturated carbocycles. The molecule has 1 aliphatic carbocycles. The van der Waals surface area contributed by atoms with Gasteiger partial charge in [0.1, 0.15) is 0 Å². The highest BCUT2D eigenvalue weighted by Gasteiger charge is 2.19. The fourth-order valence-corrected chi connectivity index (χ4v) is 4.54. The normalized spacial score (nSPS) is 26.3. The maximum absolute atomic E-state index is 2.41. The maximum atomic E-state index is 2.41. The van der Waals surface area contributed by atoms with Gasteiger partial charge in [0.05, 0.1) is 0 Å². The van der Waals surface area contributed by atoms with Crippen molar-refractivity contribution < 1.29 is 0 Å². The Kier molecular flexibility index (Phi) is 11.4. The Hall–Kier alpha value is 0. The molecule has 0 saturated heterocycles. The first-order valence-electron chi connectivity index (χ1n) is 10.3. The van der Waals surface area contributed by atoms with Crippen LogP contribution >= 0.6 is 0 Å². The Balaban J connectivity index is 2.47. The molecule has 0 aromatic rings. The second kappa shape index (κ2) is 12.5. The van der Waals surface area contributed by atoms with Gasteiger partial charge in [-0.3, -0.25) is 0 Å². The van der Waals surface area contributed by atoms with Crippen molar-refractivity contribution in [2.75, 3.05) is 0 Å². The van der Waals surface area contributed by atoms with Crippen molar-refractivity contribution in [2.45, 2.75) is 117 Å². The third-order valence-electron chi connectivity index (χ3n) is 6.06. The molecule has 21 heavy (non-hydrogen) atoms. The molecule has 2 unspecified atom stereocenters. The van der Waals surface area contributed by atoms with E-state index in [1.165, 1.54) is 96.3 Å². The van der Waals surface area contributed by atoms with Gasteiger partial charge in [-0.2, -0.15) is 0 Å². The lowest BCUT2D eigenvalue weighted by molar-refractivity contribution is 0.249. The molecule has 0 aromatic carbocycles. The number of rotatable bonds is 6. The van der Waals surface area contributed by atoms with E-state index < -0.39 is 0 Å². The van der Waals surface area contributed by atoms with Gasteiger partial charge in [0, 0.05) is 0 Å². The fourth-order valence-electron chi connectivity index (χ4n) is 4.54. The lowest BCUT2D eigenvalue weighted by atomic mass is 9.79. The first-order valence-corrected chi connectivity index (χ1v) is 10.3. The molecule has 0 heteroatoms. The summed E-state index contributed by atoms with van der Waals surface area (Å²) in [7, 11) is 0. The van der Waals surface area contributed by atoms with E-state index >= 15 is 0 Å². The molecule has 2 atom stereocenters. The van der Waals surface area contributed by atoms with Crippen LogP contribution in [0.1, 0.15) is 117 Å². The first-order chi connectivity index (χ1) is 10.3. The summed E-state index contributed by atoms with van der Waals surface area (Å²) in [5, 5.41) is 0. The topological polar surface area (TPSA) is 0 Å². The van der Waals surface area contributed by atoms with Crippen molar-refractivity contribution in [2.24, 2.45) is 17.8 Å². The standard InChI is InChI=1S/C21H42/c1-4-7-14-19-15-11-9-8-10-12-17-21(18-13-16-19)20(5-2)6-3/h19-21H,4-18H2,1-3H3.